The van der Waals surface area contributed by atoms with Gasteiger partial charge in [-0.15, -0.1) is 0 Å². The Morgan fingerprint density at radius 3 is 1.37 bits per heavy atom. The zero-order chi connectivity index (χ0) is 100. The maximum atomic E-state index is 12.5. The summed E-state index contributed by atoms with van der Waals surface area (Å²) in [5.41, 5.74) is 35.7. The lowest BCUT2D eigenvalue weighted by Crippen LogP contribution is -2.39. The van der Waals surface area contributed by atoms with Crippen LogP contribution in [0.5, 0.6) is 0 Å². The number of nitrogens with one attached hydrogen (secondary N) is 3. The molecule has 0 bridgehead atoms. The van der Waals surface area contributed by atoms with Crippen LogP contribution in [0.4, 0.5) is 22.1 Å². The summed E-state index contributed by atoms with van der Waals surface area (Å²) in [5.74, 6) is 4.57. The first-order valence-corrected chi connectivity index (χ1v) is 44.8. The van der Waals surface area contributed by atoms with Crippen molar-refractivity contribution in [3.63, 3.8) is 0 Å². The van der Waals surface area contributed by atoms with Gasteiger partial charge in [0.15, 0.2) is 0 Å². The van der Waals surface area contributed by atoms with E-state index < -0.39 is 0 Å². The first-order chi connectivity index (χ1) is 63.6. The van der Waals surface area contributed by atoms with Crippen molar-refractivity contribution in [2.75, 3.05) is 106 Å². The molecule has 0 radical (unpaired) electrons. The van der Waals surface area contributed by atoms with Crippen LogP contribution in [-0.2, 0) is 48.5 Å². The molecule has 11 aromatic heterocycles. The number of rotatable bonds is 14. The maximum absolute atomic E-state index is 12.5. The van der Waals surface area contributed by atoms with Crippen LogP contribution in [-0.4, -0.2) is 218 Å². The average molecular weight is 1840 g/mol. The van der Waals surface area contributed by atoms with Gasteiger partial charge >= 0.3 is 0 Å². The lowest BCUT2D eigenvalue weighted by molar-refractivity contribution is -0.910. The minimum absolute atomic E-state index is 0.137. The second-order valence-corrected chi connectivity index (χ2v) is 32.6. The molecule has 0 aliphatic carbocycles. The summed E-state index contributed by atoms with van der Waals surface area (Å²) >= 11 is 0. The number of nitrogen functional groups attached to an aromatic ring is 2. The molecule has 32 heteroatoms. The van der Waals surface area contributed by atoms with Crippen LogP contribution in [0.15, 0.2) is 196 Å². The lowest BCUT2D eigenvalue weighted by Gasteiger charge is -2.31. The van der Waals surface area contributed by atoms with E-state index in [1.807, 2.05) is 253 Å². The van der Waals surface area contributed by atoms with Crippen molar-refractivity contribution in [2.24, 2.45) is 5.73 Å². The Morgan fingerprint density at radius 2 is 0.970 bits per heavy atom. The predicted octanol–water partition coefficient (Wildman–Crippen LogP) is 15.8. The quantitative estimate of drug-likeness (QED) is 0.0217. The lowest BCUT2D eigenvalue weighted by atomic mass is 10.1. The molecule has 12 aromatic rings. The maximum Gasteiger partial charge on any atom is 0.248 e. The number of likely N-dealkylation sites (tertiary alicyclic amines) is 2. The molecule has 2 aliphatic rings. The fourth-order valence-electron chi connectivity index (χ4n) is 11.7. The molecule has 0 amide bonds. The standard InChI is InChI=1S/C9H11F.C9H15N2O.C9H14N2.2C8H13N3.C8H16N2O.C8H12NO.C7H14N2O.C7H10N2.C7H9N.2C6H8N2.C5H7N3.C5H6N2/c1-3-8-6-9(10)5-4-7(8)2;1-8-4-5-11(12)9(6-8)7-10(2)3;1-8-4-5-10-9(6-8)7-11(2)3;1-7-4-5-9-8(10-7)6-11(2)3;1-3-5-9-8-10-6-4-7(2)11-8;1-7(9)10-5-3-8(11-2)4-6-10;1-3-8-6-9(10)5-4-7(8)2;1-6(8)9-4-3-7(5-9)10-2;1-6-2-3-9-7(4-6)5-8;1-6-3-4-8-7(2)5-6;1-5-3-4-7-6(2)8-5;1-5-2-3-8-6(7)4-5;1-4-2-3-7-5(6)8-4;1-5-2-3-6-4-7-5/h4-6H,3H2,1-2H3;4-6,12H,7H2,1-3H3;4-6H,7H2,1-3H3;4-5H,6H2,1-3H3;4,6H,3,5H2,1-2H3,(H,9,10,11);8-9H,3-6H2,1-2H3;4-6,10H,3H2,1-2H3;7-8H,3-5H2,1-2H3;2-4H,5,8H2,1H3;3-5H,1-2H3;3-4H,1-2H3;2-4H,1H3,(H2,7,8);2-3H,1H3,(H2,6,7,8);2-4H,1H3/q;+1;;;;;+1;;;;;;;. The van der Waals surface area contributed by atoms with Gasteiger partial charge in [-0.25, -0.2) is 59.2 Å². The minimum Gasteiger partial charge on any atom is -0.384 e. The van der Waals surface area contributed by atoms with Gasteiger partial charge in [0.05, 0.1) is 48.4 Å². The van der Waals surface area contributed by atoms with Gasteiger partial charge in [0.2, 0.25) is 36.2 Å². The zero-order valence-electron chi connectivity index (χ0n) is 84.9. The molecule has 134 heavy (non-hydrogen) atoms. The summed E-state index contributed by atoms with van der Waals surface area (Å²) in [5, 5.41) is 36.2. The van der Waals surface area contributed by atoms with Gasteiger partial charge in [0.25, 0.3) is 0 Å². The van der Waals surface area contributed by atoms with Crippen LogP contribution in [0.3, 0.4) is 0 Å². The monoisotopic (exact) mass is 1840 g/mol. The summed E-state index contributed by atoms with van der Waals surface area (Å²) in [6, 6.07) is 35.8. The van der Waals surface area contributed by atoms with E-state index in [1.54, 1.807) is 88.3 Å². The third-order valence-corrected chi connectivity index (χ3v) is 18.9. The molecule has 14 rings (SSSR count). The van der Waals surface area contributed by atoms with Gasteiger partial charge in [-0.3, -0.25) is 41.1 Å². The Labute approximate surface area is 798 Å². The van der Waals surface area contributed by atoms with Crippen molar-refractivity contribution in [3.05, 3.63) is 315 Å². The average Bonchev–Trinajstić information content (AvgIpc) is 0.984. The van der Waals surface area contributed by atoms with E-state index in [9.17, 15) is 9.60 Å². The van der Waals surface area contributed by atoms with Crippen molar-refractivity contribution in [2.45, 2.75) is 208 Å². The summed E-state index contributed by atoms with van der Waals surface area (Å²) in [6.45, 7) is 45.4. The Kier molecular flexibility index (Phi) is 62.2. The number of hydrogen-bond donors (Lipinski definition) is 8. The fraction of sp³-hybridized carbons (Fsp3) is 0.431. The number of nitrogens with two attached hydrogens (primary N) is 3. The van der Waals surface area contributed by atoms with Crippen LogP contribution in [0, 0.1) is 114 Å². The number of piperidine rings is 1. The van der Waals surface area contributed by atoms with E-state index in [0.29, 0.717) is 42.2 Å². The fourth-order valence-corrected chi connectivity index (χ4v) is 11.7. The molecule has 0 spiro atoms. The Bertz CT molecular complexity index is 4840. The largest absolute Gasteiger partial charge is 0.384 e. The molecule has 2 fully saturated rings. The van der Waals surface area contributed by atoms with Crippen molar-refractivity contribution in [3.8, 4) is 0 Å². The summed E-state index contributed by atoms with van der Waals surface area (Å²) in [6.07, 6.45) is 29.3. The van der Waals surface area contributed by atoms with Gasteiger partial charge in [-0.1, -0.05) is 26.8 Å². The summed E-state index contributed by atoms with van der Waals surface area (Å²) < 4.78 is 25.2. The van der Waals surface area contributed by atoms with Crippen LogP contribution in [0.2, 0.25) is 0 Å². The molecule has 728 valence electrons. The topological polar surface area (TPSA) is 401 Å². The molecule has 11 N–H and O–H groups in total. The Hall–Kier alpha value is -12.9. The number of halogens is 1. The van der Waals surface area contributed by atoms with Gasteiger partial charge < -0.3 is 51.6 Å². The Morgan fingerprint density at radius 1 is 0.478 bits per heavy atom. The number of nitrogens with zero attached hydrogens (tertiary/aromatic N) is 21. The van der Waals surface area contributed by atoms with Gasteiger partial charge in [0.1, 0.15) is 29.6 Å². The number of pyridine rings is 6. The van der Waals surface area contributed by atoms with Crippen LogP contribution in [0.25, 0.3) is 0 Å². The van der Waals surface area contributed by atoms with Gasteiger partial charge in [0, 0.05) is 183 Å². The molecule has 0 saturated carbocycles. The highest BCUT2D eigenvalue weighted by Crippen LogP contribution is 2.15. The van der Waals surface area contributed by atoms with Gasteiger partial charge in [-0.05, 0) is 327 Å². The summed E-state index contributed by atoms with van der Waals surface area (Å²) in [7, 11) is 15.5. The molecule has 2 aliphatic heterocycles. The second kappa shape index (κ2) is 70.0. The molecule has 31 nitrogen and oxygen atoms in total. The van der Waals surface area contributed by atoms with Gasteiger partial charge in [-0.2, -0.15) is 0 Å². The molecule has 2 saturated heterocycles. The molecule has 13 heterocycles. The number of amidine groups is 2. The highest BCUT2D eigenvalue weighted by atomic mass is 19.1. The number of methoxy groups -OCH3 is 2. The van der Waals surface area contributed by atoms with Crippen molar-refractivity contribution in [1.29, 1.82) is 10.8 Å². The Balaban J connectivity index is 0.000000723. The van der Waals surface area contributed by atoms with Crippen molar-refractivity contribution in [1.82, 2.24) is 94.3 Å². The first-order valence-electron chi connectivity index (χ1n) is 44.8. The first kappa shape index (κ1) is 119. The number of aryl methyl sites for hydroxylation is 16. The van der Waals surface area contributed by atoms with E-state index in [-0.39, 0.29) is 5.82 Å². The van der Waals surface area contributed by atoms with Crippen LogP contribution >= 0.6 is 0 Å². The second-order valence-electron chi connectivity index (χ2n) is 32.6. The number of benzene rings is 1. The van der Waals surface area contributed by atoms with E-state index in [2.05, 4.69) is 130 Å². The zero-order valence-corrected chi connectivity index (χ0v) is 84.9. The number of aromatic nitrogens is 16. The predicted molar refractivity (Wildman–Crippen MR) is 539 cm³/mol. The smallest absolute Gasteiger partial charge is 0.248 e. The third kappa shape index (κ3) is 59.5. The minimum atomic E-state index is -0.137. The highest BCUT2D eigenvalue weighted by molar-refractivity contribution is 5.76. The highest BCUT2D eigenvalue weighted by Gasteiger charge is 2.22. The normalized spacial score (nSPS) is 11.8. The molecular formula is C102H156FN27O4+2. The molecule has 1 atom stereocenters. The van der Waals surface area contributed by atoms with E-state index in [1.165, 1.54) is 45.8 Å². The van der Waals surface area contributed by atoms with Crippen molar-refractivity contribution >= 4 is 29.4 Å². The van der Waals surface area contributed by atoms with Crippen LogP contribution < -0.4 is 32.0 Å². The number of anilines is 3. The van der Waals surface area contributed by atoms with Crippen LogP contribution in [0.1, 0.15) is 173 Å². The van der Waals surface area contributed by atoms with E-state index in [0.717, 1.165) is 186 Å². The van der Waals surface area contributed by atoms with E-state index >= 15 is 0 Å². The molecule has 1 unspecified atom stereocenters. The number of hydrogen-bond acceptors (Lipinski definition) is 27. The summed E-state index contributed by atoms with van der Waals surface area (Å²) in [4.78, 5) is 66.2. The van der Waals surface area contributed by atoms with Crippen molar-refractivity contribution < 1.29 is 33.7 Å². The third-order valence-electron chi connectivity index (χ3n) is 18.9. The van der Waals surface area contributed by atoms with E-state index in [4.69, 9.17) is 42.7 Å². The molecule has 1 aromatic carbocycles. The SMILES string of the molecule is CCCNc1nccc(C)n1.CCc1c[n+](O)ccc1C.CCc1cc(F)ccc1C.COC1CCN(C(C)=N)C1.COC1CCN(C(C)=N)CC1.Cc1cc[n+](O)c(CN(C)C)c1.Cc1ccnc(C)c1.Cc1ccnc(C)n1.Cc1ccnc(CN(C)C)c1.Cc1ccnc(CN(C)C)n1.Cc1ccnc(CN)c1.Cc1ccnc(N)c1.Cc1ccnc(N)n1.Cc1ccncn1. The molecular weight excluding hydrogens is 1690 g/mol. The number of ether oxygens (including phenoxy) is 2.